The first-order valence-corrected chi connectivity index (χ1v) is 6.81. The Bertz CT molecular complexity index is 477. The number of fused-ring (bicyclic) bond motifs is 2. The van der Waals surface area contributed by atoms with Crippen molar-refractivity contribution in [2.24, 2.45) is 0 Å². The van der Waals surface area contributed by atoms with Crippen molar-refractivity contribution in [2.45, 2.75) is 50.4 Å². The van der Waals surface area contributed by atoms with Crippen LogP contribution in [0, 0.1) is 10.1 Å². The van der Waals surface area contributed by atoms with Crippen LogP contribution in [0.1, 0.15) is 31.2 Å². The Morgan fingerprint density at radius 3 is 2.53 bits per heavy atom. The fraction of sp³-hybridized carbons (Fsp3) is 0.571. The third kappa shape index (κ3) is 2.35. The molecule has 0 saturated carbocycles. The molecule has 0 aromatic heterocycles. The molecule has 2 aliphatic rings. The zero-order chi connectivity index (χ0) is 13.4. The van der Waals surface area contributed by atoms with E-state index in [1.807, 2.05) is 12.1 Å². The van der Waals surface area contributed by atoms with E-state index in [1.54, 1.807) is 12.1 Å². The van der Waals surface area contributed by atoms with Crippen LogP contribution in [0.5, 0.6) is 0 Å². The fourth-order valence-electron chi connectivity index (χ4n) is 3.52. The summed E-state index contributed by atoms with van der Waals surface area (Å²) in [5.41, 5.74) is 0.980. The minimum atomic E-state index is -0.309. The van der Waals surface area contributed by atoms with Gasteiger partial charge in [-0.25, -0.2) is 0 Å². The number of hydrogen-bond donors (Lipinski definition) is 1. The summed E-state index contributed by atoms with van der Waals surface area (Å²) in [6.07, 6.45) is 3.61. The molecule has 1 aromatic carbocycles. The number of benzene rings is 1. The van der Waals surface area contributed by atoms with Gasteiger partial charge in [-0.05, 0) is 25.7 Å². The number of aliphatic hydroxyl groups excluding tert-OH is 1. The molecule has 2 atom stereocenters. The average molecular weight is 262 g/mol. The van der Waals surface area contributed by atoms with Crippen molar-refractivity contribution >= 4 is 5.69 Å². The fourth-order valence-corrected chi connectivity index (χ4v) is 3.52. The van der Waals surface area contributed by atoms with Crippen molar-refractivity contribution < 1.29 is 10.0 Å². The van der Waals surface area contributed by atoms with E-state index >= 15 is 0 Å². The van der Waals surface area contributed by atoms with Crippen molar-refractivity contribution in [1.29, 1.82) is 0 Å². The molecule has 2 unspecified atom stereocenters. The Labute approximate surface area is 112 Å². The summed E-state index contributed by atoms with van der Waals surface area (Å²) >= 11 is 0. The molecule has 3 rings (SSSR count). The monoisotopic (exact) mass is 262 g/mol. The van der Waals surface area contributed by atoms with E-state index < -0.39 is 0 Å². The van der Waals surface area contributed by atoms with Gasteiger partial charge in [-0.2, -0.15) is 0 Å². The minimum Gasteiger partial charge on any atom is -0.393 e. The van der Waals surface area contributed by atoms with Gasteiger partial charge < -0.3 is 5.11 Å². The number of nitrogens with zero attached hydrogens (tertiary/aromatic N) is 2. The molecule has 102 valence electrons. The van der Waals surface area contributed by atoms with Gasteiger partial charge in [-0.1, -0.05) is 18.2 Å². The Kier molecular flexibility index (Phi) is 3.24. The highest BCUT2D eigenvalue weighted by molar-refractivity contribution is 5.39. The molecular weight excluding hydrogens is 244 g/mol. The van der Waals surface area contributed by atoms with E-state index in [0.717, 1.165) is 31.2 Å². The maximum Gasteiger partial charge on any atom is 0.273 e. The van der Waals surface area contributed by atoms with Crippen molar-refractivity contribution in [3.63, 3.8) is 0 Å². The van der Waals surface area contributed by atoms with Crippen LogP contribution < -0.4 is 0 Å². The molecule has 0 aliphatic carbocycles. The van der Waals surface area contributed by atoms with Gasteiger partial charge in [-0.3, -0.25) is 15.0 Å². The Hall–Kier alpha value is -1.46. The number of nitro benzene ring substituents is 1. The van der Waals surface area contributed by atoms with Gasteiger partial charge in [0.05, 0.1) is 11.0 Å². The maximum atomic E-state index is 11.0. The summed E-state index contributed by atoms with van der Waals surface area (Å²) in [7, 11) is 0. The number of para-hydroxylation sites is 1. The van der Waals surface area contributed by atoms with Crippen LogP contribution in [0.25, 0.3) is 0 Å². The van der Waals surface area contributed by atoms with Crippen molar-refractivity contribution in [3.05, 3.63) is 39.9 Å². The normalized spacial score (nSPS) is 30.5. The molecule has 1 aromatic rings. The molecule has 2 aliphatic heterocycles. The van der Waals surface area contributed by atoms with Gasteiger partial charge in [-0.15, -0.1) is 0 Å². The molecule has 0 radical (unpaired) electrons. The Balaban J connectivity index is 1.81. The molecular formula is C14H18N2O3. The predicted octanol–water partition coefficient (Wildman–Crippen LogP) is 2.08. The van der Waals surface area contributed by atoms with Gasteiger partial charge in [0, 0.05) is 30.3 Å². The topological polar surface area (TPSA) is 66.6 Å². The van der Waals surface area contributed by atoms with Gasteiger partial charge in [0.15, 0.2) is 0 Å². The quantitative estimate of drug-likeness (QED) is 0.669. The van der Waals surface area contributed by atoms with E-state index in [0.29, 0.717) is 18.6 Å². The zero-order valence-corrected chi connectivity index (χ0v) is 10.7. The number of aliphatic hydroxyl groups is 1. The highest BCUT2D eigenvalue weighted by atomic mass is 16.6. The number of nitro groups is 1. The van der Waals surface area contributed by atoms with Gasteiger partial charge in [0.1, 0.15) is 0 Å². The zero-order valence-electron chi connectivity index (χ0n) is 10.7. The van der Waals surface area contributed by atoms with Crippen LogP contribution in [-0.2, 0) is 6.54 Å². The second kappa shape index (κ2) is 4.90. The molecule has 1 N–H and O–H groups in total. The standard InChI is InChI=1S/C14H18N2O3/c17-13-7-11-5-6-12(8-13)15(11)9-10-3-1-2-4-14(10)16(18)19/h1-4,11-13,17H,5-9H2. The molecule has 5 heteroatoms. The molecule has 0 amide bonds. The first-order valence-electron chi connectivity index (χ1n) is 6.81. The van der Waals surface area contributed by atoms with E-state index in [-0.39, 0.29) is 16.7 Å². The lowest BCUT2D eigenvalue weighted by Crippen LogP contribution is -2.44. The van der Waals surface area contributed by atoms with Crippen LogP contribution in [-0.4, -0.2) is 33.1 Å². The molecule has 5 nitrogen and oxygen atoms in total. The molecule has 2 bridgehead atoms. The summed E-state index contributed by atoms with van der Waals surface area (Å²) < 4.78 is 0. The number of rotatable bonds is 3. The number of hydrogen-bond acceptors (Lipinski definition) is 4. The lowest BCUT2D eigenvalue weighted by atomic mass is 9.99. The lowest BCUT2D eigenvalue weighted by Gasteiger charge is -2.37. The second-order valence-corrected chi connectivity index (χ2v) is 5.57. The van der Waals surface area contributed by atoms with E-state index in [2.05, 4.69) is 4.90 Å². The van der Waals surface area contributed by atoms with Gasteiger partial charge in [0.2, 0.25) is 0 Å². The largest absolute Gasteiger partial charge is 0.393 e. The first-order chi connectivity index (χ1) is 9.15. The molecule has 2 heterocycles. The summed E-state index contributed by atoms with van der Waals surface area (Å²) in [6.45, 7) is 0.624. The summed E-state index contributed by atoms with van der Waals surface area (Å²) in [4.78, 5) is 13.1. The van der Waals surface area contributed by atoms with Crippen molar-refractivity contribution in [3.8, 4) is 0 Å². The van der Waals surface area contributed by atoms with E-state index in [9.17, 15) is 15.2 Å². The minimum absolute atomic E-state index is 0.195. The van der Waals surface area contributed by atoms with E-state index in [1.165, 1.54) is 0 Å². The lowest BCUT2D eigenvalue weighted by molar-refractivity contribution is -0.385. The first kappa shape index (κ1) is 12.6. The predicted molar refractivity (Wildman–Crippen MR) is 70.7 cm³/mol. The summed E-state index contributed by atoms with van der Waals surface area (Å²) in [5.74, 6) is 0. The SMILES string of the molecule is O=[N+]([O-])c1ccccc1CN1C2CCC1CC(O)C2. The van der Waals surface area contributed by atoms with Crippen LogP contribution in [0.2, 0.25) is 0 Å². The molecule has 2 fully saturated rings. The summed E-state index contributed by atoms with van der Waals surface area (Å²) in [6, 6.07) is 7.72. The molecule has 0 spiro atoms. The van der Waals surface area contributed by atoms with Crippen molar-refractivity contribution in [1.82, 2.24) is 4.90 Å². The smallest absolute Gasteiger partial charge is 0.273 e. The van der Waals surface area contributed by atoms with Crippen LogP contribution in [0.3, 0.4) is 0 Å². The highest BCUT2D eigenvalue weighted by Crippen LogP contribution is 2.37. The number of piperidine rings is 1. The van der Waals surface area contributed by atoms with Crippen LogP contribution in [0.4, 0.5) is 5.69 Å². The average Bonchev–Trinajstić information content (AvgIpc) is 2.62. The van der Waals surface area contributed by atoms with Crippen molar-refractivity contribution in [2.75, 3.05) is 0 Å². The van der Waals surface area contributed by atoms with Crippen LogP contribution >= 0.6 is 0 Å². The maximum absolute atomic E-state index is 11.0. The highest BCUT2D eigenvalue weighted by Gasteiger charge is 2.40. The summed E-state index contributed by atoms with van der Waals surface area (Å²) in [5, 5.41) is 20.8. The third-order valence-corrected chi connectivity index (χ3v) is 4.40. The second-order valence-electron chi connectivity index (χ2n) is 5.57. The van der Waals surface area contributed by atoms with Crippen LogP contribution in [0.15, 0.2) is 24.3 Å². The molecule has 19 heavy (non-hydrogen) atoms. The molecule has 2 saturated heterocycles. The van der Waals surface area contributed by atoms with Gasteiger partial charge >= 0.3 is 0 Å². The Morgan fingerprint density at radius 2 is 1.89 bits per heavy atom. The van der Waals surface area contributed by atoms with Gasteiger partial charge in [0.25, 0.3) is 5.69 Å². The third-order valence-electron chi connectivity index (χ3n) is 4.40. The van der Waals surface area contributed by atoms with E-state index in [4.69, 9.17) is 0 Å². The Morgan fingerprint density at radius 1 is 1.26 bits per heavy atom.